The summed E-state index contributed by atoms with van der Waals surface area (Å²) in [6, 6.07) is 0. The molecule has 2 aliphatic carbocycles. The van der Waals surface area contributed by atoms with Crippen LogP contribution in [0, 0.1) is 11.3 Å². The van der Waals surface area contributed by atoms with Gasteiger partial charge in [-0.3, -0.25) is 0 Å². The fourth-order valence-corrected chi connectivity index (χ4v) is 3.84. The highest BCUT2D eigenvalue weighted by Crippen LogP contribution is 2.55. The molecule has 0 amide bonds. The summed E-state index contributed by atoms with van der Waals surface area (Å²) in [6.07, 6.45) is 8.59. The lowest BCUT2D eigenvalue weighted by molar-refractivity contribution is 0.189. The molecule has 2 saturated carbocycles. The van der Waals surface area contributed by atoms with Gasteiger partial charge in [0.2, 0.25) is 0 Å². The van der Waals surface area contributed by atoms with Gasteiger partial charge in [0.25, 0.3) is 0 Å². The molecule has 0 saturated heterocycles. The minimum Gasteiger partial charge on any atom is -0.0595 e. The summed E-state index contributed by atoms with van der Waals surface area (Å²) >= 11 is 3.51. The molecular weight excluding hydrogens is 212 g/mol. The quantitative estimate of drug-likeness (QED) is 0.582. The molecule has 2 aliphatic rings. The maximum Gasteiger partial charge on any atom is -0.00798 e. The van der Waals surface area contributed by atoms with E-state index in [0.717, 1.165) is 5.92 Å². The predicted octanol–water partition coefficient (Wildman–Crippen LogP) is 4.26. The molecule has 0 aromatic carbocycles. The monoisotopic (exact) mass is 228 g/mol. The third-order valence-electron chi connectivity index (χ3n) is 4.03. The maximum atomic E-state index is 3.51. The standard InChI is InChI=1S/C11H17Br/c1-11-7-3-2-4-9(11)5-6-10(11)8-12/h8-9H,2-7H2,1H3/t9?,11-/m1/s1. The number of fused-ring (bicyclic) bond motifs is 1. The Bertz CT molecular complexity index is 207. The summed E-state index contributed by atoms with van der Waals surface area (Å²) in [5.41, 5.74) is 2.24. The lowest BCUT2D eigenvalue weighted by atomic mass is 9.68. The lowest BCUT2D eigenvalue weighted by Crippen LogP contribution is -2.26. The topological polar surface area (TPSA) is 0 Å². The Morgan fingerprint density at radius 3 is 3.00 bits per heavy atom. The minimum absolute atomic E-state index is 0.571. The number of hydrogen-bond acceptors (Lipinski definition) is 0. The molecule has 0 heterocycles. The summed E-state index contributed by atoms with van der Waals surface area (Å²) in [6.45, 7) is 2.47. The zero-order valence-corrected chi connectivity index (χ0v) is 9.36. The highest BCUT2D eigenvalue weighted by molar-refractivity contribution is 9.11. The van der Waals surface area contributed by atoms with Crippen LogP contribution in [0.3, 0.4) is 0 Å². The highest BCUT2D eigenvalue weighted by Gasteiger charge is 2.43. The zero-order chi connectivity index (χ0) is 8.60. The van der Waals surface area contributed by atoms with Gasteiger partial charge in [-0.15, -0.1) is 0 Å². The van der Waals surface area contributed by atoms with Crippen molar-refractivity contribution < 1.29 is 0 Å². The Kier molecular flexibility index (Phi) is 2.33. The average molecular weight is 229 g/mol. The van der Waals surface area contributed by atoms with Gasteiger partial charge < -0.3 is 0 Å². The first-order valence-corrected chi connectivity index (χ1v) is 5.98. The number of halogens is 1. The molecule has 0 spiro atoms. The van der Waals surface area contributed by atoms with Crippen LogP contribution in [0.1, 0.15) is 45.4 Å². The number of hydrogen-bond donors (Lipinski definition) is 0. The number of allylic oxidation sites excluding steroid dienone is 1. The van der Waals surface area contributed by atoms with Crippen molar-refractivity contribution in [3.05, 3.63) is 10.6 Å². The van der Waals surface area contributed by atoms with Gasteiger partial charge >= 0.3 is 0 Å². The molecule has 0 bridgehead atoms. The van der Waals surface area contributed by atoms with Crippen LogP contribution in [0.15, 0.2) is 10.6 Å². The summed E-state index contributed by atoms with van der Waals surface area (Å²) in [5, 5.41) is 0. The Labute approximate surface area is 83.6 Å². The molecule has 1 unspecified atom stereocenters. The first kappa shape index (κ1) is 8.80. The van der Waals surface area contributed by atoms with Crippen molar-refractivity contribution in [3.8, 4) is 0 Å². The van der Waals surface area contributed by atoms with Gasteiger partial charge in [-0.1, -0.05) is 41.3 Å². The Morgan fingerprint density at radius 1 is 1.42 bits per heavy atom. The van der Waals surface area contributed by atoms with Crippen LogP contribution in [-0.4, -0.2) is 0 Å². The van der Waals surface area contributed by atoms with E-state index in [1.807, 2.05) is 0 Å². The van der Waals surface area contributed by atoms with Crippen molar-refractivity contribution >= 4 is 15.9 Å². The minimum atomic E-state index is 0.571. The van der Waals surface area contributed by atoms with Crippen molar-refractivity contribution in [2.45, 2.75) is 45.4 Å². The fourth-order valence-electron chi connectivity index (χ4n) is 3.09. The van der Waals surface area contributed by atoms with Gasteiger partial charge in [0.1, 0.15) is 0 Å². The van der Waals surface area contributed by atoms with E-state index in [9.17, 15) is 0 Å². The molecule has 0 aromatic heterocycles. The van der Waals surface area contributed by atoms with Crippen LogP contribution in [0.25, 0.3) is 0 Å². The van der Waals surface area contributed by atoms with Gasteiger partial charge in [-0.2, -0.15) is 0 Å². The van der Waals surface area contributed by atoms with E-state index in [2.05, 4.69) is 27.8 Å². The second kappa shape index (κ2) is 3.17. The van der Waals surface area contributed by atoms with Gasteiger partial charge in [-0.25, -0.2) is 0 Å². The molecule has 2 atom stereocenters. The lowest BCUT2D eigenvalue weighted by Gasteiger charge is -2.37. The van der Waals surface area contributed by atoms with Crippen molar-refractivity contribution in [3.63, 3.8) is 0 Å². The molecule has 0 N–H and O–H groups in total. The Balaban J connectivity index is 2.25. The third kappa shape index (κ3) is 1.17. The molecule has 0 nitrogen and oxygen atoms in total. The first-order chi connectivity index (χ1) is 5.77. The predicted molar refractivity (Wildman–Crippen MR) is 56.3 cm³/mol. The van der Waals surface area contributed by atoms with E-state index in [1.165, 1.54) is 38.5 Å². The van der Waals surface area contributed by atoms with Crippen molar-refractivity contribution in [1.29, 1.82) is 0 Å². The van der Waals surface area contributed by atoms with E-state index >= 15 is 0 Å². The molecule has 0 aromatic rings. The van der Waals surface area contributed by atoms with Crippen LogP contribution in [0.4, 0.5) is 0 Å². The largest absolute Gasteiger partial charge is 0.0595 e. The van der Waals surface area contributed by atoms with Gasteiger partial charge in [0, 0.05) is 0 Å². The molecule has 68 valence electrons. The van der Waals surface area contributed by atoms with E-state index in [0.29, 0.717) is 5.41 Å². The Hall–Kier alpha value is 0.220. The van der Waals surface area contributed by atoms with Crippen LogP contribution >= 0.6 is 15.9 Å². The second-order valence-electron chi connectivity index (χ2n) is 4.53. The van der Waals surface area contributed by atoms with Crippen LogP contribution in [0.5, 0.6) is 0 Å². The molecule has 1 heteroatoms. The molecule has 0 radical (unpaired) electrons. The van der Waals surface area contributed by atoms with Gasteiger partial charge in [-0.05, 0) is 42.0 Å². The fraction of sp³-hybridized carbons (Fsp3) is 0.818. The van der Waals surface area contributed by atoms with Gasteiger partial charge in [0.05, 0.1) is 0 Å². The van der Waals surface area contributed by atoms with Crippen molar-refractivity contribution in [2.24, 2.45) is 11.3 Å². The molecule has 2 fully saturated rings. The van der Waals surface area contributed by atoms with Crippen molar-refractivity contribution in [2.75, 3.05) is 0 Å². The second-order valence-corrected chi connectivity index (χ2v) is 4.99. The molecular formula is C11H17Br. The van der Waals surface area contributed by atoms with Crippen LogP contribution in [-0.2, 0) is 0 Å². The summed E-state index contributed by atoms with van der Waals surface area (Å²) < 4.78 is 0. The first-order valence-electron chi connectivity index (χ1n) is 5.07. The molecule has 2 rings (SSSR count). The van der Waals surface area contributed by atoms with Gasteiger partial charge in [0.15, 0.2) is 0 Å². The SMILES string of the molecule is C[C@@]12CCCCC1CCC2=CBr. The van der Waals surface area contributed by atoms with E-state index < -0.39 is 0 Å². The van der Waals surface area contributed by atoms with Crippen LogP contribution in [0.2, 0.25) is 0 Å². The average Bonchev–Trinajstić information content (AvgIpc) is 2.41. The van der Waals surface area contributed by atoms with E-state index in [4.69, 9.17) is 0 Å². The van der Waals surface area contributed by atoms with Crippen LogP contribution < -0.4 is 0 Å². The normalized spacial score (nSPS) is 44.8. The maximum absolute atomic E-state index is 3.51. The molecule has 12 heavy (non-hydrogen) atoms. The number of rotatable bonds is 0. The molecule has 0 aliphatic heterocycles. The summed E-state index contributed by atoms with van der Waals surface area (Å²) in [5.74, 6) is 0.995. The Morgan fingerprint density at radius 2 is 2.25 bits per heavy atom. The highest BCUT2D eigenvalue weighted by atomic mass is 79.9. The van der Waals surface area contributed by atoms with E-state index in [1.54, 1.807) is 5.57 Å². The van der Waals surface area contributed by atoms with E-state index in [-0.39, 0.29) is 0 Å². The summed E-state index contributed by atoms with van der Waals surface area (Å²) in [7, 11) is 0. The summed E-state index contributed by atoms with van der Waals surface area (Å²) in [4.78, 5) is 2.19. The zero-order valence-electron chi connectivity index (χ0n) is 7.78. The smallest absolute Gasteiger partial charge is 0.00798 e. The third-order valence-corrected chi connectivity index (χ3v) is 4.58. The van der Waals surface area contributed by atoms with Crippen molar-refractivity contribution in [1.82, 2.24) is 0 Å².